The van der Waals surface area contributed by atoms with E-state index in [1.165, 1.54) is 14.0 Å². The van der Waals surface area contributed by atoms with Crippen molar-refractivity contribution in [2.75, 3.05) is 33.3 Å². The summed E-state index contributed by atoms with van der Waals surface area (Å²) in [7, 11) is 1.31. The highest BCUT2D eigenvalue weighted by Gasteiger charge is 2.30. The van der Waals surface area contributed by atoms with Crippen molar-refractivity contribution >= 4 is 17.9 Å². The molecule has 1 heterocycles. The van der Waals surface area contributed by atoms with Gasteiger partial charge in [-0.2, -0.15) is 0 Å². The van der Waals surface area contributed by atoms with Crippen LogP contribution < -0.4 is 5.32 Å². The highest BCUT2D eigenvalue weighted by molar-refractivity contribution is 5.84. The monoisotopic (exact) mass is 299 g/mol. The topological polar surface area (TPSA) is 79.0 Å². The number of carbonyl (C=O) groups is 3. The molecule has 1 saturated heterocycles. The van der Waals surface area contributed by atoms with Gasteiger partial charge in [0, 0.05) is 33.1 Å². The summed E-state index contributed by atoms with van der Waals surface area (Å²) in [6, 6.07) is -0.924. The summed E-state index contributed by atoms with van der Waals surface area (Å²) in [5.74, 6) is -0.415. The molecule has 1 N–H and O–H groups in total. The SMILES string of the molecule is CC[C@@H](C)[C@@H](NC(=O)N1CCN(C(C)=O)CC1)C(=O)OC. The van der Waals surface area contributed by atoms with E-state index in [1.807, 2.05) is 13.8 Å². The van der Waals surface area contributed by atoms with Gasteiger partial charge in [0.25, 0.3) is 0 Å². The third kappa shape index (κ3) is 4.61. The number of amides is 3. The number of esters is 1. The minimum atomic E-state index is -0.640. The third-order valence-electron chi connectivity index (χ3n) is 3.96. The number of carbonyl (C=O) groups excluding carboxylic acids is 3. The molecule has 0 aromatic rings. The molecule has 7 heteroatoms. The van der Waals surface area contributed by atoms with Crippen molar-refractivity contribution < 1.29 is 19.1 Å². The predicted octanol–water partition coefficient (Wildman–Crippen LogP) is 0.448. The average Bonchev–Trinajstić information content (AvgIpc) is 2.50. The molecule has 1 aliphatic rings. The van der Waals surface area contributed by atoms with Gasteiger partial charge in [0.15, 0.2) is 0 Å². The molecule has 0 unspecified atom stereocenters. The van der Waals surface area contributed by atoms with Crippen molar-refractivity contribution in [2.45, 2.75) is 33.2 Å². The predicted molar refractivity (Wildman–Crippen MR) is 77.6 cm³/mol. The minimum Gasteiger partial charge on any atom is -0.467 e. The molecule has 0 aliphatic carbocycles. The molecule has 0 saturated carbocycles. The van der Waals surface area contributed by atoms with Gasteiger partial charge in [-0.25, -0.2) is 9.59 Å². The van der Waals surface area contributed by atoms with Crippen LogP contribution in [0.25, 0.3) is 0 Å². The van der Waals surface area contributed by atoms with Gasteiger partial charge >= 0.3 is 12.0 Å². The molecule has 0 aromatic carbocycles. The van der Waals surface area contributed by atoms with E-state index in [1.54, 1.807) is 9.80 Å². The maximum atomic E-state index is 12.2. The Labute approximate surface area is 125 Å². The number of hydrogen-bond acceptors (Lipinski definition) is 4. The summed E-state index contributed by atoms with van der Waals surface area (Å²) < 4.78 is 4.75. The molecule has 7 nitrogen and oxygen atoms in total. The third-order valence-corrected chi connectivity index (χ3v) is 3.96. The first kappa shape index (κ1) is 17.3. The Hall–Kier alpha value is -1.79. The smallest absolute Gasteiger partial charge is 0.328 e. The van der Waals surface area contributed by atoms with Crippen molar-refractivity contribution in [2.24, 2.45) is 5.92 Å². The van der Waals surface area contributed by atoms with E-state index in [0.29, 0.717) is 26.2 Å². The minimum absolute atomic E-state index is 0.0000846. The zero-order chi connectivity index (χ0) is 16.0. The Bertz CT molecular complexity index is 392. The van der Waals surface area contributed by atoms with Crippen molar-refractivity contribution in [1.82, 2.24) is 15.1 Å². The van der Waals surface area contributed by atoms with Gasteiger partial charge in [0.1, 0.15) is 6.04 Å². The van der Waals surface area contributed by atoms with Gasteiger partial charge in [-0.05, 0) is 5.92 Å². The number of piperazine rings is 1. The number of methoxy groups -OCH3 is 1. The highest BCUT2D eigenvalue weighted by atomic mass is 16.5. The summed E-state index contributed by atoms with van der Waals surface area (Å²) in [5.41, 5.74) is 0. The van der Waals surface area contributed by atoms with Crippen LogP contribution in [-0.2, 0) is 14.3 Å². The van der Waals surface area contributed by atoms with Crippen LogP contribution in [0.15, 0.2) is 0 Å². The summed E-state index contributed by atoms with van der Waals surface area (Å²) in [6.07, 6.45) is 0.762. The van der Waals surface area contributed by atoms with Crippen LogP contribution in [0.3, 0.4) is 0 Å². The second-order valence-corrected chi connectivity index (χ2v) is 5.33. The van der Waals surface area contributed by atoms with Crippen molar-refractivity contribution in [3.05, 3.63) is 0 Å². The summed E-state index contributed by atoms with van der Waals surface area (Å²) >= 11 is 0. The quantitative estimate of drug-likeness (QED) is 0.764. The molecule has 2 atom stereocenters. The fourth-order valence-electron chi connectivity index (χ4n) is 2.24. The van der Waals surface area contributed by atoms with Crippen LogP contribution in [0.2, 0.25) is 0 Å². The van der Waals surface area contributed by atoms with Gasteiger partial charge in [0.2, 0.25) is 5.91 Å². The number of urea groups is 1. The zero-order valence-corrected chi connectivity index (χ0v) is 13.2. The second kappa shape index (κ2) is 7.85. The van der Waals surface area contributed by atoms with Crippen molar-refractivity contribution in [3.8, 4) is 0 Å². The van der Waals surface area contributed by atoms with Crippen LogP contribution in [0.4, 0.5) is 4.79 Å². The Morgan fingerprint density at radius 2 is 1.67 bits per heavy atom. The van der Waals surface area contributed by atoms with Gasteiger partial charge in [-0.3, -0.25) is 4.79 Å². The van der Waals surface area contributed by atoms with E-state index in [9.17, 15) is 14.4 Å². The van der Waals surface area contributed by atoms with Crippen LogP contribution in [0.5, 0.6) is 0 Å². The summed E-state index contributed by atoms with van der Waals surface area (Å²) in [4.78, 5) is 38.6. The molecule has 1 aliphatic heterocycles. The lowest BCUT2D eigenvalue weighted by Gasteiger charge is -2.35. The van der Waals surface area contributed by atoms with Gasteiger partial charge in [-0.1, -0.05) is 20.3 Å². The fraction of sp³-hybridized carbons (Fsp3) is 0.786. The molecule has 0 radical (unpaired) electrons. The summed E-state index contributed by atoms with van der Waals surface area (Å²) in [5, 5.41) is 2.74. The molecule has 1 fully saturated rings. The maximum Gasteiger partial charge on any atom is 0.328 e. The lowest BCUT2D eigenvalue weighted by atomic mass is 9.99. The molecule has 0 spiro atoms. The Balaban J connectivity index is 2.58. The molecular weight excluding hydrogens is 274 g/mol. The summed E-state index contributed by atoms with van der Waals surface area (Å²) in [6.45, 7) is 7.36. The first-order valence-corrected chi connectivity index (χ1v) is 7.29. The Kier molecular flexibility index (Phi) is 6.45. The average molecular weight is 299 g/mol. The van der Waals surface area contributed by atoms with Gasteiger partial charge in [-0.15, -0.1) is 0 Å². The fourth-order valence-corrected chi connectivity index (χ4v) is 2.24. The Morgan fingerprint density at radius 1 is 1.14 bits per heavy atom. The number of nitrogens with one attached hydrogen (secondary N) is 1. The van der Waals surface area contributed by atoms with Crippen molar-refractivity contribution in [1.29, 1.82) is 0 Å². The molecule has 3 amide bonds. The number of rotatable bonds is 4. The lowest BCUT2D eigenvalue weighted by Crippen LogP contribution is -2.56. The van der Waals surface area contributed by atoms with E-state index in [0.717, 1.165) is 6.42 Å². The normalized spacial score (nSPS) is 17.9. The van der Waals surface area contributed by atoms with Crippen LogP contribution >= 0.6 is 0 Å². The molecule has 0 bridgehead atoms. The molecule has 1 rings (SSSR count). The maximum absolute atomic E-state index is 12.2. The van der Waals surface area contributed by atoms with Crippen LogP contribution in [0, 0.1) is 5.92 Å². The van der Waals surface area contributed by atoms with E-state index in [-0.39, 0.29) is 17.9 Å². The van der Waals surface area contributed by atoms with Gasteiger partial charge < -0.3 is 19.9 Å². The first-order chi connectivity index (χ1) is 9.90. The lowest BCUT2D eigenvalue weighted by molar-refractivity contribution is -0.144. The number of hydrogen-bond donors (Lipinski definition) is 1. The molecule has 21 heavy (non-hydrogen) atoms. The second-order valence-electron chi connectivity index (χ2n) is 5.33. The number of ether oxygens (including phenoxy) is 1. The van der Waals surface area contributed by atoms with Crippen LogP contribution in [0.1, 0.15) is 27.2 Å². The zero-order valence-electron chi connectivity index (χ0n) is 13.2. The van der Waals surface area contributed by atoms with E-state index >= 15 is 0 Å². The van der Waals surface area contributed by atoms with E-state index in [2.05, 4.69) is 5.32 Å². The highest BCUT2D eigenvalue weighted by Crippen LogP contribution is 2.10. The largest absolute Gasteiger partial charge is 0.467 e. The van der Waals surface area contributed by atoms with E-state index < -0.39 is 12.0 Å². The van der Waals surface area contributed by atoms with Crippen molar-refractivity contribution in [3.63, 3.8) is 0 Å². The molecule has 120 valence electrons. The molecular formula is C14H25N3O4. The molecule has 0 aromatic heterocycles. The standard InChI is InChI=1S/C14H25N3O4/c1-5-10(2)12(13(19)21-4)15-14(20)17-8-6-16(7-9-17)11(3)18/h10,12H,5-9H2,1-4H3,(H,15,20)/t10-,12-/m1/s1. The Morgan fingerprint density at radius 3 is 2.10 bits per heavy atom. The van der Waals surface area contributed by atoms with Gasteiger partial charge in [0.05, 0.1) is 7.11 Å². The first-order valence-electron chi connectivity index (χ1n) is 7.29. The van der Waals surface area contributed by atoms with Crippen LogP contribution in [-0.4, -0.2) is 67.0 Å². The number of nitrogens with zero attached hydrogens (tertiary/aromatic N) is 2. The van der Waals surface area contributed by atoms with E-state index in [4.69, 9.17) is 4.74 Å².